The van der Waals surface area contributed by atoms with Crippen LogP contribution < -0.4 is 0 Å². The Morgan fingerprint density at radius 2 is 0.839 bits per heavy atom. The van der Waals surface area contributed by atoms with Gasteiger partial charge in [-0.05, 0) is 77.9 Å². The Hall–Kier alpha value is -2.25. The van der Waals surface area contributed by atoms with E-state index >= 15 is 0 Å². The molecule has 0 amide bonds. The molecule has 0 aliphatic carbocycles. The molecule has 0 aromatic heterocycles. The number of benzene rings is 4. The highest BCUT2D eigenvalue weighted by Crippen LogP contribution is 2.37. The van der Waals surface area contributed by atoms with E-state index in [0.717, 1.165) is 34.3 Å². The van der Waals surface area contributed by atoms with Gasteiger partial charge in [0.15, 0.2) is 0 Å². The molecule has 0 saturated carbocycles. The van der Waals surface area contributed by atoms with E-state index in [9.17, 15) is 0 Å². The van der Waals surface area contributed by atoms with Gasteiger partial charge in [0.05, 0.1) is 0 Å². The molecule has 0 atom stereocenters. The third-order valence-electron chi connectivity index (χ3n) is 5.68. The first-order valence-electron chi connectivity index (χ1n) is 10.3. The zero-order chi connectivity index (χ0) is 21.7. The van der Waals surface area contributed by atoms with Crippen molar-refractivity contribution in [2.24, 2.45) is 0 Å². The largest absolute Gasteiger partial charge is 0.0843 e. The molecular formula is C28H23Cl3. The fourth-order valence-corrected chi connectivity index (χ4v) is 5.04. The van der Waals surface area contributed by atoms with Gasteiger partial charge < -0.3 is 0 Å². The maximum Gasteiger partial charge on any atom is 0.0408 e. The third kappa shape index (κ3) is 5.71. The first-order chi connectivity index (χ1) is 15.0. The van der Waals surface area contributed by atoms with Crippen LogP contribution in [0.3, 0.4) is 0 Å². The van der Waals surface area contributed by atoms with Crippen LogP contribution in [0.2, 0.25) is 15.1 Å². The molecule has 0 radical (unpaired) electrons. The van der Waals surface area contributed by atoms with Crippen LogP contribution in [0.1, 0.15) is 22.3 Å². The summed E-state index contributed by atoms with van der Waals surface area (Å²) < 4.78 is 0. The van der Waals surface area contributed by atoms with Crippen molar-refractivity contribution < 1.29 is 0 Å². The van der Waals surface area contributed by atoms with Gasteiger partial charge >= 0.3 is 0 Å². The Balaban J connectivity index is 1.85. The van der Waals surface area contributed by atoms with Gasteiger partial charge in [-0.1, -0.05) is 102 Å². The lowest BCUT2D eigenvalue weighted by Gasteiger charge is -2.36. The summed E-state index contributed by atoms with van der Waals surface area (Å²) in [5.41, 5.74) is 4.72. The molecule has 0 fully saturated rings. The molecule has 31 heavy (non-hydrogen) atoms. The minimum atomic E-state index is -0.193. The lowest BCUT2D eigenvalue weighted by Crippen LogP contribution is -2.34. The fourth-order valence-electron chi connectivity index (χ4n) is 4.40. The Bertz CT molecular complexity index is 1040. The second-order valence-electron chi connectivity index (χ2n) is 8.07. The topological polar surface area (TPSA) is 0 Å². The molecule has 0 heterocycles. The molecule has 156 valence electrons. The standard InChI is InChI=1S/C28H23Cl3/c29-25-12-4-7-21(15-25)18-28(24-10-2-1-3-11-24,19-22-8-5-13-26(30)16-22)20-23-9-6-14-27(31)17-23/h1-17H,18-20H2. The molecule has 0 aliphatic rings. The van der Waals surface area contributed by atoms with Crippen molar-refractivity contribution in [3.8, 4) is 0 Å². The second-order valence-corrected chi connectivity index (χ2v) is 9.38. The van der Waals surface area contributed by atoms with Crippen LogP contribution in [0.25, 0.3) is 0 Å². The van der Waals surface area contributed by atoms with Crippen molar-refractivity contribution in [3.05, 3.63) is 140 Å². The zero-order valence-electron chi connectivity index (χ0n) is 17.1. The van der Waals surface area contributed by atoms with Crippen molar-refractivity contribution in [1.82, 2.24) is 0 Å². The highest BCUT2D eigenvalue weighted by atomic mass is 35.5. The van der Waals surface area contributed by atoms with Crippen molar-refractivity contribution in [1.29, 1.82) is 0 Å². The van der Waals surface area contributed by atoms with E-state index in [2.05, 4.69) is 66.7 Å². The van der Waals surface area contributed by atoms with Crippen molar-refractivity contribution >= 4 is 34.8 Å². The first-order valence-corrected chi connectivity index (χ1v) is 11.4. The fraction of sp³-hybridized carbons (Fsp3) is 0.143. The van der Waals surface area contributed by atoms with Crippen molar-refractivity contribution in [2.75, 3.05) is 0 Å². The highest BCUT2D eigenvalue weighted by molar-refractivity contribution is 6.31. The summed E-state index contributed by atoms with van der Waals surface area (Å²) in [7, 11) is 0. The normalized spacial score (nSPS) is 11.5. The minimum absolute atomic E-state index is 0.193. The number of hydrogen-bond donors (Lipinski definition) is 0. The van der Waals surface area contributed by atoms with Gasteiger partial charge in [-0.15, -0.1) is 0 Å². The molecule has 0 bridgehead atoms. The SMILES string of the molecule is Clc1cccc(CC(Cc2cccc(Cl)c2)(Cc2cccc(Cl)c2)c2ccccc2)c1. The first kappa shape index (κ1) is 22.0. The Morgan fingerprint density at radius 1 is 0.452 bits per heavy atom. The smallest absolute Gasteiger partial charge is 0.0408 e. The zero-order valence-corrected chi connectivity index (χ0v) is 19.3. The van der Waals surface area contributed by atoms with Crippen LogP contribution >= 0.6 is 34.8 Å². The van der Waals surface area contributed by atoms with Crippen LogP contribution in [0.4, 0.5) is 0 Å². The predicted molar refractivity (Wildman–Crippen MR) is 134 cm³/mol. The van der Waals surface area contributed by atoms with Crippen molar-refractivity contribution in [3.63, 3.8) is 0 Å². The molecule has 4 aromatic carbocycles. The number of rotatable bonds is 7. The van der Waals surface area contributed by atoms with Crippen LogP contribution in [0, 0.1) is 0 Å². The number of halogens is 3. The predicted octanol–water partition coefficient (Wildman–Crippen LogP) is 8.61. The van der Waals surface area contributed by atoms with E-state index < -0.39 is 0 Å². The molecule has 3 heteroatoms. The van der Waals surface area contributed by atoms with E-state index in [1.165, 1.54) is 22.3 Å². The maximum absolute atomic E-state index is 6.35. The maximum atomic E-state index is 6.35. The van der Waals surface area contributed by atoms with Gasteiger partial charge in [0.1, 0.15) is 0 Å². The molecular weight excluding hydrogens is 443 g/mol. The lowest BCUT2D eigenvalue weighted by atomic mass is 9.68. The quantitative estimate of drug-likeness (QED) is 0.256. The summed E-state index contributed by atoms with van der Waals surface area (Å²) in [6.45, 7) is 0. The molecule has 4 rings (SSSR count). The van der Waals surface area contributed by atoms with Gasteiger partial charge in [0.25, 0.3) is 0 Å². The Kier molecular flexibility index (Phi) is 7.02. The van der Waals surface area contributed by atoms with Gasteiger partial charge in [-0.25, -0.2) is 0 Å². The van der Waals surface area contributed by atoms with Crippen LogP contribution in [0.5, 0.6) is 0 Å². The minimum Gasteiger partial charge on any atom is -0.0843 e. The van der Waals surface area contributed by atoms with E-state index in [1.807, 2.05) is 36.4 Å². The lowest BCUT2D eigenvalue weighted by molar-refractivity contribution is 0.416. The summed E-state index contributed by atoms with van der Waals surface area (Å²) in [4.78, 5) is 0. The Labute approximate surface area is 199 Å². The van der Waals surface area contributed by atoms with Crippen molar-refractivity contribution in [2.45, 2.75) is 24.7 Å². The van der Waals surface area contributed by atoms with Crippen LogP contribution in [-0.2, 0) is 24.7 Å². The van der Waals surface area contributed by atoms with Gasteiger partial charge in [-0.3, -0.25) is 0 Å². The van der Waals surface area contributed by atoms with E-state index in [0.29, 0.717) is 0 Å². The van der Waals surface area contributed by atoms with E-state index in [-0.39, 0.29) is 5.41 Å². The molecule has 0 N–H and O–H groups in total. The average molecular weight is 466 g/mol. The third-order valence-corrected chi connectivity index (χ3v) is 6.39. The van der Waals surface area contributed by atoms with Gasteiger partial charge in [0.2, 0.25) is 0 Å². The number of hydrogen-bond acceptors (Lipinski definition) is 0. The van der Waals surface area contributed by atoms with E-state index in [1.54, 1.807) is 0 Å². The molecule has 4 aromatic rings. The van der Waals surface area contributed by atoms with Gasteiger partial charge in [-0.2, -0.15) is 0 Å². The average Bonchev–Trinajstić information content (AvgIpc) is 2.74. The summed E-state index contributed by atoms with van der Waals surface area (Å²) in [6.07, 6.45) is 2.53. The molecule has 0 saturated heterocycles. The monoisotopic (exact) mass is 464 g/mol. The Morgan fingerprint density at radius 3 is 1.19 bits per heavy atom. The summed E-state index contributed by atoms with van der Waals surface area (Å²) >= 11 is 19.0. The molecule has 0 spiro atoms. The van der Waals surface area contributed by atoms with Crippen LogP contribution in [0.15, 0.2) is 103 Å². The van der Waals surface area contributed by atoms with E-state index in [4.69, 9.17) is 34.8 Å². The second kappa shape index (κ2) is 9.92. The highest BCUT2D eigenvalue weighted by Gasteiger charge is 2.33. The van der Waals surface area contributed by atoms with Gasteiger partial charge in [0, 0.05) is 20.5 Å². The molecule has 0 aliphatic heterocycles. The van der Waals surface area contributed by atoms with Crippen LogP contribution in [-0.4, -0.2) is 0 Å². The summed E-state index contributed by atoms with van der Waals surface area (Å²) in [5, 5.41) is 2.26. The summed E-state index contributed by atoms with van der Waals surface area (Å²) in [5.74, 6) is 0. The summed E-state index contributed by atoms with van der Waals surface area (Å²) in [6, 6.07) is 35.2. The molecule has 0 unspecified atom stereocenters. The molecule has 0 nitrogen and oxygen atoms in total.